The van der Waals surface area contributed by atoms with Crippen LogP contribution < -0.4 is 36.0 Å². The molecular formula is C44H49ClF3N11O4. The first kappa shape index (κ1) is 41.4. The number of anilines is 5. The molecule has 4 atom stereocenters. The van der Waals surface area contributed by atoms with Gasteiger partial charge in [-0.2, -0.15) is 10.1 Å². The first-order valence-electron chi connectivity index (χ1n) is 21.7. The van der Waals surface area contributed by atoms with E-state index in [1.54, 1.807) is 44.6 Å². The number of rotatable bonds is 8. The van der Waals surface area contributed by atoms with Crippen molar-refractivity contribution in [1.29, 1.82) is 0 Å². The second-order valence-corrected chi connectivity index (χ2v) is 18.3. The number of fused-ring (bicyclic) bond motifs is 4. The summed E-state index contributed by atoms with van der Waals surface area (Å²) in [6, 6.07) is 7.83. The Hall–Kier alpha value is -5.62. The van der Waals surface area contributed by atoms with Gasteiger partial charge in [0.15, 0.2) is 18.2 Å². The van der Waals surface area contributed by atoms with E-state index in [9.17, 15) is 14.4 Å². The average Bonchev–Trinajstić information content (AvgIpc) is 4.06. The van der Waals surface area contributed by atoms with Crippen LogP contribution in [0.25, 0.3) is 21.8 Å². The topological polar surface area (TPSA) is 155 Å². The van der Waals surface area contributed by atoms with Crippen LogP contribution in [-0.4, -0.2) is 105 Å². The highest BCUT2D eigenvalue weighted by Crippen LogP contribution is 2.46. The summed E-state index contributed by atoms with van der Waals surface area (Å²) >= 11 is 6.65. The minimum atomic E-state index is -3.14. The summed E-state index contributed by atoms with van der Waals surface area (Å²) in [5.41, 5.74) is 2.30. The Kier molecular flexibility index (Phi) is 10.4. The summed E-state index contributed by atoms with van der Waals surface area (Å²) in [7, 11) is 3.28. The van der Waals surface area contributed by atoms with Gasteiger partial charge >= 0.3 is 5.92 Å². The van der Waals surface area contributed by atoms with Gasteiger partial charge in [-0.3, -0.25) is 29.3 Å². The monoisotopic (exact) mass is 887 g/mol. The molecule has 2 aromatic carbocycles. The molecule has 3 aromatic heterocycles. The van der Waals surface area contributed by atoms with Crippen LogP contribution in [0.3, 0.4) is 0 Å². The van der Waals surface area contributed by atoms with Crippen molar-refractivity contribution in [2.24, 2.45) is 31.8 Å². The molecule has 7 heterocycles. The number of carbonyl (C=O) groups excluding carboxylic acids is 2. The molecule has 4 fully saturated rings. The lowest BCUT2D eigenvalue weighted by Crippen LogP contribution is -2.50. The van der Waals surface area contributed by atoms with E-state index in [0.29, 0.717) is 99.9 Å². The standard InChI is InChI=1S/C44H49ClF3N11O4/c1-23-20-59(13-12-25(23)21-57-14-16-58(17-15-57)32-10-7-27-35(54-56(3)37(27)34(32)46)28-8-11-33(60)51-41(28)61)43-49-19-30(45)40(53-43)50-26-6-9-31-29(18-26)36-38(42(62)55(31)2)63-22-44(47,48)39(52-36)24-4-5-24/h6-7,9-10,18-19,23-25,28,39,52H,4-5,8,11-17,20-22H2,1-3H3,(H,49,50,53)(H,51,60,61). The lowest BCUT2D eigenvalue weighted by atomic mass is 9.86. The summed E-state index contributed by atoms with van der Waals surface area (Å²) < 4.78 is 55.0. The molecule has 63 heavy (non-hydrogen) atoms. The molecule has 2 amide bonds. The number of aryl methyl sites for hydroxylation is 2. The molecule has 1 aliphatic carbocycles. The van der Waals surface area contributed by atoms with Crippen LogP contribution in [0.1, 0.15) is 50.6 Å². The summed E-state index contributed by atoms with van der Waals surface area (Å²) in [6.45, 7) is 6.71. The number of aromatic nitrogens is 5. The third kappa shape index (κ3) is 7.57. The number of ether oxygens (including phenoxy) is 1. The quantitative estimate of drug-likeness (QED) is 0.162. The highest BCUT2D eigenvalue weighted by atomic mass is 35.5. The number of benzene rings is 2. The SMILES string of the molecule is CC1CN(c2ncc(Cl)c(Nc3ccc4c(c3)c3c(c(=O)n4C)OCC(F)(F)C(C4CC4)N3)n2)CCC1CN1CCN(c2ccc3c(C4CCC(=O)NC4=O)nn(C)c3c2F)CC1. The predicted octanol–water partition coefficient (Wildman–Crippen LogP) is 5.77. The van der Waals surface area contributed by atoms with Crippen molar-refractivity contribution in [1.82, 2.24) is 34.5 Å². The maximum Gasteiger partial charge on any atom is 0.301 e. The van der Waals surface area contributed by atoms with Gasteiger partial charge in [0.05, 0.1) is 40.7 Å². The Bertz CT molecular complexity index is 2720. The number of piperazine rings is 1. The van der Waals surface area contributed by atoms with Crippen LogP contribution in [0.5, 0.6) is 5.75 Å². The van der Waals surface area contributed by atoms with Gasteiger partial charge in [-0.25, -0.2) is 18.2 Å². The number of alkyl halides is 2. The summed E-state index contributed by atoms with van der Waals surface area (Å²) in [5, 5.41) is 14.7. The summed E-state index contributed by atoms with van der Waals surface area (Å²) in [6.07, 6.45) is 4.46. The van der Waals surface area contributed by atoms with E-state index < -0.39 is 36.0 Å². The minimum absolute atomic E-state index is 0.119. The number of nitrogens with zero attached hydrogens (tertiary/aromatic N) is 8. The number of imide groups is 1. The molecular weight excluding hydrogens is 839 g/mol. The Labute approximate surface area is 365 Å². The van der Waals surface area contributed by atoms with Crippen molar-refractivity contribution in [3.8, 4) is 5.75 Å². The van der Waals surface area contributed by atoms with Crippen molar-refractivity contribution in [2.45, 2.75) is 56.9 Å². The van der Waals surface area contributed by atoms with Gasteiger partial charge in [-0.15, -0.1) is 0 Å². The maximum absolute atomic E-state index is 16.2. The lowest BCUT2D eigenvalue weighted by Gasteiger charge is -2.42. The van der Waals surface area contributed by atoms with Crippen LogP contribution in [0.4, 0.5) is 42.0 Å². The van der Waals surface area contributed by atoms with Crippen molar-refractivity contribution in [2.75, 3.05) is 72.9 Å². The molecule has 0 bridgehead atoms. The van der Waals surface area contributed by atoms with E-state index in [2.05, 4.69) is 47.7 Å². The second kappa shape index (κ2) is 15.9. The summed E-state index contributed by atoms with van der Waals surface area (Å²) in [4.78, 5) is 53.7. The van der Waals surface area contributed by atoms with E-state index >= 15 is 13.2 Å². The van der Waals surface area contributed by atoms with Crippen LogP contribution in [0, 0.1) is 23.6 Å². The fourth-order valence-corrected chi connectivity index (χ4v) is 10.1. The van der Waals surface area contributed by atoms with Crippen LogP contribution in [0.15, 0.2) is 41.3 Å². The van der Waals surface area contributed by atoms with Crippen LogP contribution >= 0.6 is 11.6 Å². The first-order valence-corrected chi connectivity index (χ1v) is 22.1. The second-order valence-electron chi connectivity index (χ2n) is 17.9. The smallest absolute Gasteiger partial charge is 0.301 e. The molecule has 332 valence electrons. The molecule has 15 nitrogen and oxygen atoms in total. The number of nitrogens with one attached hydrogen (secondary N) is 3. The van der Waals surface area contributed by atoms with E-state index in [-0.39, 0.29) is 35.5 Å². The first-order chi connectivity index (χ1) is 30.2. The number of pyridine rings is 1. The van der Waals surface area contributed by atoms with Crippen molar-refractivity contribution < 1.29 is 27.5 Å². The fraction of sp³-hybridized carbons (Fsp3) is 0.500. The zero-order chi connectivity index (χ0) is 43.9. The van der Waals surface area contributed by atoms with Crippen molar-refractivity contribution in [3.05, 3.63) is 63.4 Å². The third-order valence-electron chi connectivity index (χ3n) is 13.7. The molecule has 10 rings (SSSR count). The van der Waals surface area contributed by atoms with Crippen LogP contribution in [0.2, 0.25) is 5.02 Å². The van der Waals surface area contributed by atoms with E-state index in [1.807, 2.05) is 6.07 Å². The molecule has 19 heteroatoms. The van der Waals surface area contributed by atoms with Gasteiger partial charge < -0.3 is 29.7 Å². The lowest BCUT2D eigenvalue weighted by molar-refractivity contribution is -0.134. The third-order valence-corrected chi connectivity index (χ3v) is 14.0. The highest BCUT2D eigenvalue weighted by Gasteiger charge is 2.51. The zero-order valence-corrected chi connectivity index (χ0v) is 36.0. The van der Waals surface area contributed by atoms with Crippen LogP contribution in [-0.2, 0) is 23.7 Å². The molecule has 3 N–H and O–H groups in total. The molecule has 0 radical (unpaired) electrons. The van der Waals surface area contributed by atoms with Gasteiger partial charge in [-0.1, -0.05) is 18.5 Å². The van der Waals surface area contributed by atoms with Gasteiger partial charge in [0, 0.05) is 82.8 Å². The number of hydrogen-bond acceptors (Lipinski definition) is 12. The number of carbonyl (C=O) groups is 2. The maximum atomic E-state index is 16.2. The molecule has 5 aromatic rings. The van der Waals surface area contributed by atoms with Gasteiger partial charge in [0.1, 0.15) is 10.5 Å². The van der Waals surface area contributed by atoms with E-state index in [0.717, 1.165) is 39.1 Å². The molecule has 0 spiro atoms. The Morgan fingerprint density at radius 1 is 0.984 bits per heavy atom. The van der Waals surface area contributed by atoms with E-state index in [1.165, 1.54) is 9.25 Å². The van der Waals surface area contributed by atoms with Gasteiger partial charge in [0.2, 0.25) is 23.5 Å². The zero-order valence-electron chi connectivity index (χ0n) is 35.3. The number of halogens is 4. The van der Waals surface area contributed by atoms with Crippen molar-refractivity contribution >= 4 is 74.0 Å². The number of piperidine rings is 2. The molecule has 5 aliphatic rings. The fourth-order valence-electron chi connectivity index (χ4n) is 9.97. The average molecular weight is 888 g/mol. The highest BCUT2D eigenvalue weighted by molar-refractivity contribution is 6.33. The molecule has 3 saturated heterocycles. The Balaban J connectivity index is 0.784. The molecule has 4 aliphatic heterocycles. The molecule has 1 saturated carbocycles. The van der Waals surface area contributed by atoms with Gasteiger partial charge in [0.25, 0.3) is 5.56 Å². The normalized spacial score (nSPS) is 24.2. The predicted molar refractivity (Wildman–Crippen MR) is 234 cm³/mol. The minimum Gasteiger partial charge on any atom is -0.480 e. The van der Waals surface area contributed by atoms with Crippen molar-refractivity contribution in [3.63, 3.8) is 0 Å². The van der Waals surface area contributed by atoms with E-state index in [4.69, 9.17) is 21.3 Å². The van der Waals surface area contributed by atoms with Gasteiger partial charge in [-0.05, 0) is 73.8 Å². The Morgan fingerprint density at radius 3 is 2.52 bits per heavy atom. The summed E-state index contributed by atoms with van der Waals surface area (Å²) in [5.74, 6) is -3.41. The number of amides is 2. The Morgan fingerprint density at radius 2 is 1.78 bits per heavy atom. The molecule has 4 unspecified atom stereocenters. The largest absolute Gasteiger partial charge is 0.480 e. The number of hydrogen-bond donors (Lipinski definition) is 3.